The molecule has 3 heteroatoms. The zero-order valence-corrected chi connectivity index (χ0v) is 12.4. The van der Waals surface area contributed by atoms with Gasteiger partial charge in [-0.05, 0) is 44.4 Å². The molecule has 0 aliphatic heterocycles. The highest BCUT2D eigenvalue weighted by Crippen LogP contribution is 2.18. The van der Waals surface area contributed by atoms with Crippen LogP contribution in [0.1, 0.15) is 52.1 Å². The summed E-state index contributed by atoms with van der Waals surface area (Å²) in [5, 5.41) is 3.07. The fourth-order valence-electron chi connectivity index (χ4n) is 2.09. The van der Waals surface area contributed by atoms with Gasteiger partial charge in [0.25, 0.3) is 0 Å². The first-order valence-electron chi connectivity index (χ1n) is 7.15. The molecule has 0 bridgehead atoms. The summed E-state index contributed by atoms with van der Waals surface area (Å²) in [6.07, 6.45) is 1.77. The van der Waals surface area contributed by atoms with Gasteiger partial charge in [-0.3, -0.25) is 4.79 Å². The summed E-state index contributed by atoms with van der Waals surface area (Å²) < 4.78 is 5.41. The minimum Gasteiger partial charge on any atom is -0.494 e. The van der Waals surface area contributed by atoms with Crippen molar-refractivity contribution >= 4 is 5.91 Å². The Morgan fingerprint density at radius 2 is 1.74 bits per heavy atom. The number of amides is 1. The molecule has 0 aromatic heterocycles. The van der Waals surface area contributed by atoms with Crippen LogP contribution in [0.5, 0.6) is 5.75 Å². The van der Waals surface area contributed by atoms with E-state index in [9.17, 15) is 4.79 Å². The molecule has 106 valence electrons. The Labute approximate surface area is 116 Å². The lowest BCUT2D eigenvalue weighted by molar-refractivity contribution is -0.125. The van der Waals surface area contributed by atoms with Crippen molar-refractivity contribution < 1.29 is 9.53 Å². The van der Waals surface area contributed by atoms with Gasteiger partial charge in [-0.1, -0.05) is 26.0 Å². The molecule has 3 nitrogen and oxygen atoms in total. The predicted octanol–water partition coefficient (Wildman–Crippen LogP) is 3.70. The van der Waals surface area contributed by atoms with Gasteiger partial charge in [0, 0.05) is 5.92 Å². The summed E-state index contributed by atoms with van der Waals surface area (Å²) in [6, 6.07) is 7.92. The summed E-state index contributed by atoms with van der Waals surface area (Å²) in [5.41, 5.74) is 1.10. The summed E-state index contributed by atoms with van der Waals surface area (Å²) in [4.78, 5) is 12.0. The Bertz CT molecular complexity index is 382. The van der Waals surface area contributed by atoms with E-state index in [4.69, 9.17) is 4.74 Å². The Kier molecular flexibility index (Phi) is 6.40. The number of nitrogens with one attached hydrogen (secondary N) is 1. The van der Waals surface area contributed by atoms with Gasteiger partial charge in [0.2, 0.25) is 5.91 Å². The van der Waals surface area contributed by atoms with Crippen LogP contribution in [0.15, 0.2) is 24.3 Å². The topological polar surface area (TPSA) is 38.3 Å². The highest BCUT2D eigenvalue weighted by molar-refractivity contribution is 5.78. The minimum absolute atomic E-state index is 0.0313. The van der Waals surface area contributed by atoms with Crippen molar-refractivity contribution in [2.24, 2.45) is 5.92 Å². The van der Waals surface area contributed by atoms with Gasteiger partial charge in [-0.15, -0.1) is 0 Å². The smallest absolute Gasteiger partial charge is 0.223 e. The molecule has 1 atom stereocenters. The monoisotopic (exact) mass is 263 g/mol. The molecule has 1 aromatic rings. The molecule has 19 heavy (non-hydrogen) atoms. The Morgan fingerprint density at radius 3 is 2.21 bits per heavy atom. The first-order chi connectivity index (χ1) is 9.12. The molecule has 0 aliphatic carbocycles. The van der Waals surface area contributed by atoms with E-state index in [1.54, 1.807) is 0 Å². The molecule has 1 aromatic carbocycles. The number of rotatable bonds is 7. The third-order valence-electron chi connectivity index (χ3n) is 3.41. The van der Waals surface area contributed by atoms with Gasteiger partial charge < -0.3 is 10.1 Å². The van der Waals surface area contributed by atoms with Crippen LogP contribution >= 0.6 is 0 Å². The van der Waals surface area contributed by atoms with E-state index in [2.05, 4.69) is 19.2 Å². The summed E-state index contributed by atoms with van der Waals surface area (Å²) in [7, 11) is 0. The van der Waals surface area contributed by atoms with E-state index >= 15 is 0 Å². The number of carbonyl (C=O) groups excluding carboxylic acids is 1. The van der Waals surface area contributed by atoms with Crippen LogP contribution in [0.2, 0.25) is 0 Å². The van der Waals surface area contributed by atoms with E-state index in [1.807, 2.05) is 38.1 Å². The molecule has 0 saturated carbocycles. The van der Waals surface area contributed by atoms with Crippen molar-refractivity contribution in [2.75, 3.05) is 6.61 Å². The lowest BCUT2D eigenvalue weighted by Crippen LogP contribution is -2.32. The second-order valence-corrected chi connectivity index (χ2v) is 4.75. The molecule has 1 amide bonds. The van der Waals surface area contributed by atoms with Crippen LogP contribution in [0.3, 0.4) is 0 Å². The maximum absolute atomic E-state index is 12.0. The normalized spacial score (nSPS) is 12.3. The number of hydrogen-bond acceptors (Lipinski definition) is 2. The highest BCUT2D eigenvalue weighted by Gasteiger charge is 2.16. The largest absolute Gasteiger partial charge is 0.494 e. The van der Waals surface area contributed by atoms with E-state index in [0.29, 0.717) is 6.61 Å². The van der Waals surface area contributed by atoms with Crippen molar-refractivity contribution in [2.45, 2.75) is 46.6 Å². The summed E-state index contributed by atoms with van der Waals surface area (Å²) in [6.45, 7) is 8.74. The van der Waals surface area contributed by atoms with Gasteiger partial charge in [-0.25, -0.2) is 0 Å². The second kappa shape index (κ2) is 7.82. The fourth-order valence-corrected chi connectivity index (χ4v) is 2.09. The Hall–Kier alpha value is -1.51. The van der Waals surface area contributed by atoms with Gasteiger partial charge in [0.05, 0.1) is 12.6 Å². The molecule has 1 rings (SSSR count). The van der Waals surface area contributed by atoms with E-state index < -0.39 is 0 Å². The van der Waals surface area contributed by atoms with Gasteiger partial charge in [0.15, 0.2) is 0 Å². The molecule has 0 aliphatic rings. The molecular weight excluding hydrogens is 238 g/mol. The van der Waals surface area contributed by atoms with E-state index in [-0.39, 0.29) is 17.9 Å². The average Bonchev–Trinajstić information content (AvgIpc) is 2.41. The third kappa shape index (κ3) is 4.58. The molecular formula is C16H25NO2. The Morgan fingerprint density at radius 1 is 1.16 bits per heavy atom. The van der Waals surface area contributed by atoms with Crippen LogP contribution in [-0.2, 0) is 4.79 Å². The first-order valence-corrected chi connectivity index (χ1v) is 7.15. The first kappa shape index (κ1) is 15.5. The molecule has 1 N–H and O–H groups in total. The fraction of sp³-hybridized carbons (Fsp3) is 0.562. The molecule has 0 heterocycles. The van der Waals surface area contributed by atoms with Crippen LogP contribution < -0.4 is 10.1 Å². The predicted molar refractivity (Wildman–Crippen MR) is 78.2 cm³/mol. The Balaban J connectivity index is 2.62. The summed E-state index contributed by atoms with van der Waals surface area (Å²) >= 11 is 0. The molecule has 0 spiro atoms. The standard InChI is InChI=1S/C16H25NO2/c1-5-13(6-2)16(18)17-12(4)14-8-10-15(11-9-14)19-7-3/h8-13H,5-7H2,1-4H3,(H,17,18). The number of carbonyl (C=O) groups is 1. The maximum atomic E-state index is 12.0. The number of benzene rings is 1. The zero-order valence-electron chi connectivity index (χ0n) is 12.4. The zero-order chi connectivity index (χ0) is 14.3. The highest BCUT2D eigenvalue weighted by atomic mass is 16.5. The van der Waals surface area contributed by atoms with Crippen molar-refractivity contribution in [3.8, 4) is 5.75 Å². The van der Waals surface area contributed by atoms with E-state index in [1.165, 1.54) is 0 Å². The van der Waals surface area contributed by atoms with Crippen molar-refractivity contribution in [3.63, 3.8) is 0 Å². The van der Waals surface area contributed by atoms with Crippen LogP contribution in [-0.4, -0.2) is 12.5 Å². The third-order valence-corrected chi connectivity index (χ3v) is 3.41. The number of ether oxygens (including phenoxy) is 1. The van der Waals surface area contributed by atoms with Crippen molar-refractivity contribution in [3.05, 3.63) is 29.8 Å². The van der Waals surface area contributed by atoms with Gasteiger partial charge in [-0.2, -0.15) is 0 Å². The lowest BCUT2D eigenvalue weighted by Gasteiger charge is -2.18. The SMILES string of the molecule is CCOc1ccc(C(C)NC(=O)C(CC)CC)cc1. The second-order valence-electron chi connectivity index (χ2n) is 4.75. The summed E-state index contributed by atoms with van der Waals surface area (Å²) in [5.74, 6) is 1.13. The minimum atomic E-state index is 0.0313. The molecule has 0 saturated heterocycles. The van der Waals surface area contributed by atoms with E-state index in [0.717, 1.165) is 24.2 Å². The number of hydrogen-bond donors (Lipinski definition) is 1. The van der Waals surface area contributed by atoms with Crippen LogP contribution in [0.25, 0.3) is 0 Å². The van der Waals surface area contributed by atoms with Crippen LogP contribution in [0, 0.1) is 5.92 Å². The lowest BCUT2D eigenvalue weighted by atomic mass is 10.0. The molecule has 1 unspecified atom stereocenters. The molecule has 0 fully saturated rings. The molecule has 0 radical (unpaired) electrons. The van der Waals surface area contributed by atoms with Gasteiger partial charge in [0.1, 0.15) is 5.75 Å². The average molecular weight is 263 g/mol. The van der Waals surface area contributed by atoms with Gasteiger partial charge >= 0.3 is 0 Å². The van der Waals surface area contributed by atoms with Crippen LogP contribution in [0.4, 0.5) is 0 Å². The maximum Gasteiger partial charge on any atom is 0.223 e. The van der Waals surface area contributed by atoms with Crippen molar-refractivity contribution in [1.29, 1.82) is 0 Å². The van der Waals surface area contributed by atoms with Crippen molar-refractivity contribution in [1.82, 2.24) is 5.32 Å². The quantitative estimate of drug-likeness (QED) is 0.814.